The number of rotatable bonds is 5. The van der Waals surface area contributed by atoms with E-state index in [2.05, 4.69) is 33.1 Å². The van der Waals surface area contributed by atoms with Crippen molar-refractivity contribution in [3.8, 4) is 11.4 Å². The van der Waals surface area contributed by atoms with Crippen molar-refractivity contribution >= 4 is 11.7 Å². The zero-order valence-corrected chi connectivity index (χ0v) is 13.9. The van der Waals surface area contributed by atoms with E-state index < -0.39 is 0 Å². The molecule has 3 rings (SSSR count). The highest BCUT2D eigenvalue weighted by Crippen LogP contribution is 2.28. The average Bonchev–Trinajstić information content (AvgIpc) is 3.15. The molecule has 1 aromatic carbocycles. The maximum atomic E-state index is 11.6. The van der Waals surface area contributed by atoms with E-state index in [4.69, 9.17) is 4.74 Å². The summed E-state index contributed by atoms with van der Waals surface area (Å²) in [5.41, 5.74) is 2.22. The van der Waals surface area contributed by atoms with Gasteiger partial charge in [0.25, 0.3) is 0 Å². The van der Waals surface area contributed by atoms with E-state index in [0.29, 0.717) is 6.61 Å². The van der Waals surface area contributed by atoms with Gasteiger partial charge in [-0.3, -0.25) is 0 Å². The van der Waals surface area contributed by atoms with E-state index in [1.54, 1.807) is 12.3 Å². The first-order chi connectivity index (χ1) is 11.8. The van der Waals surface area contributed by atoms with Crippen LogP contribution in [0.4, 0.5) is 5.69 Å². The average molecular weight is 325 g/mol. The van der Waals surface area contributed by atoms with Crippen LogP contribution in [0.15, 0.2) is 48.8 Å². The minimum atomic E-state index is -0.271. The number of esters is 1. The van der Waals surface area contributed by atoms with E-state index in [-0.39, 0.29) is 12.0 Å². The number of ether oxygens (including phenoxy) is 1. The molecule has 1 unspecified atom stereocenters. The smallest absolute Gasteiger partial charge is 0.330 e. The molecule has 1 aliphatic rings. The zero-order chi connectivity index (χ0) is 16.8. The van der Waals surface area contributed by atoms with Gasteiger partial charge in [-0.2, -0.15) is 0 Å². The fourth-order valence-corrected chi connectivity index (χ4v) is 3.11. The highest BCUT2D eigenvalue weighted by atomic mass is 16.5. The van der Waals surface area contributed by atoms with Gasteiger partial charge in [-0.1, -0.05) is 18.2 Å². The number of aromatic amines is 1. The van der Waals surface area contributed by atoms with Gasteiger partial charge in [-0.05, 0) is 38.3 Å². The Morgan fingerprint density at radius 1 is 1.46 bits per heavy atom. The van der Waals surface area contributed by atoms with Gasteiger partial charge < -0.3 is 14.6 Å². The summed E-state index contributed by atoms with van der Waals surface area (Å²) in [5, 5.41) is 0. The third-order valence-corrected chi connectivity index (χ3v) is 4.24. The molecule has 1 fully saturated rings. The zero-order valence-electron chi connectivity index (χ0n) is 13.9. The lowest BCUT2D eigenvalue weighted by atomic mass is 10.00. The van der Waals surface area contributed by atoms with E-state index in [1.165, 1.54) is 6.42 Å². The summed E-state index contributed by atoms with van der Waals surface area (Å²) in [6.07, 6.45) is 10.5. The highest BCUT2D eigenvalue weighted by molar-refractivity contribution is 5.82. The van der Waals surface area contributed by atoms with Gasteiger partial charge in [0.2, 0.25) is 0 Å². The van der Waals surface area contributed by atoms with Crippen LogP contribution >= 0.6 is 0 Å². The monoisotopic (exact) mass is 325 g/mol. The number of nitrogens with one attached hydrogen (secondary N) is 1. The number of hydrogen-bond acceptors (Lipinski definition) is 4. The van der Waals surface area contributed by atoms with Crippen molar-refractivity contribution in [2.75, 3.05) is 18.1 Å². The first-order valence-corrected chi connectivity index (χ1v) is 8.49. The Balaban J connectivity index is 1.80. The van der Waals surface area contributed by atoms with Crippen molar-refractivity contribution < 1.29 is 9.53 Å². The summed E-state index contributed by atoms with van der Waals surface area (Å²) in [4.78, 5) is 21.4. The molecule has 126 valence electrons. The number of carbonyl (C=O) groups excluding carboxylic acids is 1. The Bertz CT molecular complexity index is 694. The van der Waals surface area contributed by atoms with Gasteiger partial charge in [-0.15, -0.1) is 0 Å². The topological polar surface area (TPSA) is 58.2 Å². The van der Waals surface area contributed by atoms with Crippen LogP contribution in [0.1, 0.15) is 26.2 Å². The Hall–Kier alpha value is -2.56. The van der Waals surface area contributed by atoms with Crippen LogP contribution in [0.25, 0.3) is 11.4 Å². The molecule has 1 saturated heterocycles. The number of nitrogens with zero attached hydrogens (tertiary/aromatic N) is 2. The van der Waals surface area contributed by atoms with Crippen LogP contribution in [0.3, 0.4) is 0 Å². The fraction of sp³-hybridized carbons (Fsp3) is 0.368. The molecule has 1 aromatic heterocycles. The first kappa shape index (κ1) is 16.3. The Labute approximate surface area is 142 Å². The number of carbonyl (C=O) groups is 1. The van der Waals surface area contributed by atoms with E-state index in [9.17, 15) is 4.79 Å². The summed E-state index contributed by atoms with van der Waals surface area (Å²) in [5.74, 6) is 0.597. The van der Waals surface area contributed by atoms with Crippen molar-refractivity contribution in [1.82, 2.24) is 9.97 Å². The third kappa shape index (κ3) is 3.85. The first-order valence-electron chi connectivity index (χ1n) is 8.49. The van der Waals surface area contributed by atoms with Crippen molar-refractivity contribution in [2.24, 2.45) is 0 Å². The second-order valence-electron chi connectivity index (χ2n) is 5.86. The lowest BCUT2D eigenvalue weighted by Crippen LogP contribution is -2.38. The molecule has 0 spiro atoms. The minimum Gasteiger partial charge on any atom is -0.463 e. The lowest BCUT2D eigenvalue weighted by molar-refractivity contribution is -0.137. The maximum absolute atomic E-state index is 11.6. The fourth-order valence-electron chi connectivity index (χ4n) is 3.11. The molecule has 0 bridgehead atoms. The van der Waals surface area contributed by atoms with Gasteiger partial charge in [0.15, 0.2) is 0 Å². The van der Waals surface area contributed by atoms with E-state index >= 15 is 0 Å². The second kappa shape index (κ2) is 7.81. The maximum Gasteiger partial charge on any atom is 0.330 e. The molecule has 5 heteroatoms. The number of anilines is 1. The summed E-state index contributed by atoms with van der Waals surface area (Å²) >= 11 is 0. The standard InChI is InChI=1S/C19H23N3O2/c1-2-24-18(23)10-9-16-7-3-4-13-22(16)17-8-5-6-15(14-17)19-20-11-12-21-19/h5-6,8-12,14,16H,2-4,7,13H2,1H3,(H,20,21). The second-order valence-corrected chi connectivity index (χ2v) is 5.86. The van der Waals surface area contributed by atoms with Gasteiger partial charge in [0.1, 0.15) is 5.82 Å². The highest BCUT2D eigenvalue weighted by Gasteiger charge is 2.21. The van der Waals surface area contributed by atoms with Crippen LogP contribution in [0.2, 0.25) is 0 Å². The Morgan fingerprint density at radius 3 is 3.17 bits per heavy atom. The predicted octanol–water partition coefficient (Wildman–Crippen LogP) is 3.55. The molecular weight excluding hydrogens is 302 g/mol. The molecule has 0 aliphatic carbocycles. The minimum absolute atomic E-state index is 0.218. The molecular formula is C19H23N3O2. The molecule has 24 heavy (non-hydrogen) atoms. The number of imidazole rings is 1. The van der Waals surface area contributed by atoms with E-state index in [0.717, 1.165) is 36.5 Å². The van der Waals surface area contributed by atoms with Crippen LogP contribution in [-0.2, 0) is 9.53 Å². The number of H-pyrrole nitrogens is 1. The normalized spacial score (nSPS) is 18.0. The van der Waals surface area contributed by atoms with Crippen LogP contribution in [0.5, 0.6) is 0 Å². The van der Waals surface area contributed by atoms with Gasteiger partial charge in [-0.25, -0.2) is 9.78 Å². The molecule has 0 saturated carbocycles. The summed E-state index contributed by atoms with van der Waals surface area (Å²) < 4.78 is 4.99. The lowest BCUT2D eigenvalue weighted by Gasteiger charge is -2.36. The quantitative estimate of drug-likeness (QED) is 0.674. The van der Waals surface area contributed by atoms with Crippen molar-refractivity contribution in [3.63, 3.8) is 0 Å². The molecule has 0 radical (unpaired) electrons. The Morgan fingerprint density at radius 2 is 2.38 bits per heavy atom. The SMILES string of the molecule is CCOC(=O)C=CC1CCCCN1c1cccc(-c2ncc[nH]2)c1. The van der Waals surface area contributed by atoms with Crippen molar-refractivity contribution in [3.05, 3.63) is 48.8 Å². The summed E-state index contributed by atoms with van der Waals surface area (Å²) in [6.45, 7) is 3.21. The van der Waals surface area contributed by atoms with Crippen LogP contribution < -0.4 is 4.90 Å². The largest absolute Gasteiger partial charge is 0.463 e. The van der Waals surface area contributed by atoms with Crippen LogP contribution in [-0.4, -0.2) is 35.1 Å². The van der Waals surface area contributed by atoms with Crippen molar-refractivity contribution in [2.45, 2.75) is 32.2 Å². The number of aromatic nitrogens is 2. The van der Waals surface area contributed by atoms with Gasteiger partial charge in [0, 0.05) is 42.3 Å². The molecule has 5 nitrogen and oxygen atoms in total. The third-order valence-electron chi connectivity index (χ3n) is 4.24. The van der Waals surface area contributed by atoms with Crippen molar-refractivity contribution in [1.29, 1.82) is 0 Å². The molecule has 1 atom stereocenters. The van der Waals surface area contributed by atoms with Gasteiger partial charge >= 0.3 is 5.97 Å². The van der Waals surface area contributed by atoms with Gasteiger partial charge in [0.05, 0.1) is 6.61 Å². The molecule has 0 amide bonds. The van der Waals surface area contributed by atoms with E-state index in [1.807, 2.05) is 25.3 Å². The van der Waals surface area contributed by atoms with Crippen LogP contribution in [0, 0.1) is 0 Å². The number of piperidine rings is 1. The Kier molecular flexibility index (Phi) is 5.31. The predicted molar refractivity (Wildman–Crippen MR) is 94.8 cm³/mol. The summed E-state index contributed by atoms with van der Waals surface area (Å²) in [7, 11) is 0. The number of hydrogen-bond donors (Lipinski definition) is 1. The summed E-state index contributed by atoms with van der Waals surface area (Å²) in [6, 6.07) is 8.58. The number of benzene rings is 1. The molecule has 1 N–H and O–H groups in total. The molecule has 2 aromatic rings. The molecule has 2 heterocycles. The molecule has 1 aliphatic heterocycles.